The highest BCUT2D eigenvalue weighted by Gasteiger charge is 2.36. The van der Waals surface area contributed by atoms with Gasteiger partial charge in [0.1, 0.15) is 10.8 Å². The summed E-state index contributed by atoms with van der Waals surface area (Å²) < 4.78 is 16.9. The SMILES string of the molecule is CCOc1nc(NC2=C(Cl)N([C@H]3CN(C4COC4)CCO3)NC2)nc2[nH]ccc12. The largest absolute Gasteiger partial charge is 0.477 e. The Balaban J connectivity index is 1.32. The topological polar surface area (TPSA) is 99.8 Å². The van der Waals surface area contributed by atoms with Crippen LogP contribution >= 0.6 is 11.6 Å². The monoisotopic (exact) mass is 421 g/mol. The molecule has 29 heavy (non-hydrogen) atoms. The molecule has 0 aromatic carbocycles. The van der Waals surface area contributed by atoms with Crippen molar-refractivity contribution < 1.29 is 14.2 Å². The van der Waals surface area contributed by atoms with Gasteiger partial charge >= 0.3 is 0 Å². The lowest BCUT2D eigenvalue weighted by atomic mass is 10.2. The van der Waals surface area contributed by atoms with Gasteiger partial charge in [-0.3, -0.25) is 9.91 Å². The number of rotatable bonds is 6. The zero-order valence-corrected chi connectivity index (χ0v) is 16.9. The normalized spacial score (nSPS) is 23.7. The Hall–Kier alpha value is -2.11. The Morgan fingerprint density at radius 1 is 1.38 bits per heavy atom. The first-order chi connectivity index (χ1) is 14.2. The highest BCUT2D eigenvalue weighted by molar-refractivity contribution is 6.29. The number of hydrogen-bond donors (Lipinski definition) is 3. The number of aromatic amines is 1. The smallest absolute Gasteiger partial charge is 0.232 e. The maximum absolute atomic E-state index is 6.66. The van der Waals surface area contributed by atoms with Crippen molar-refractivity contribution in [1.29, 1.82) is 0 Å². The zero-order valence-electron chi connectivity index (χ0n) is 16.2. The Kier molecular flexibility index (Phi) is 5.18. The van der Waals surface area contributed by atoms with E-state index in [-0.39, 0.29) is 6.23 Å². The highest BCUT2D eigenvalue weighted by atomic mass is 35.5. The van der Waals surface area contributed by atoms with Crippen LogP contribution in [0.4, 0.5) is 5.95 Å². The van der Waals surface area contributed by atoms with Gasteiger partial charge in [-0.25, -0.2) is 5.43 Å². The Morgan fingerprint density at radius 3 is 3.07 bits per heavy atom. The van der Waals surface area contributed by atoms with Crippen molar-refractivity contribution in [2.45, 2.75) is 19.2 Å². The molecule has 5 rings (SSSR count). The number of fused-ring (bicyclic) bond motifs is 1. The molecule has 11 heteroatoms. The van der Waals surface area contributed by atoms with Crippen LogP contribution in [0.5, 0.6) is 5.88 Å². The van der Waals surface area contributed by atoms with Crippen LogP contribution in [0.2, 0.25) is 0 Å². The van der Waals surface area contributed by atoms with Crippen molar-refractivity contribution in [3.8, 4) is 5.88 Å². The van der Waals surface area contributed by atoms with Crippen molar-refractivity contribution >= 4 is 28.6 Å². The third-order valence-electron chi connectivity index (χ3n) is 5.32. The van der Waals surface area contributed by atoms with Crippen molar-refractivity contribution in [3.63, 3.8) is 0 Å². The molecule has 2 saturated heterocycles. The molecule has 0 saturated carbocycles. The van der Waals surface area contributed by atoms with Gasteiger partial charge in [-0.15, -0.1) is 0 Å². The van der Waals surface area contributed by atoms with Crippen molar-refractivity contribution in [2.24, 2.45) is 0 Å². The maximum Gasteiger partial charge on any atom is 0.232 e. The lowest BCUT2D eigenvalue weighted by Crippen LogP contribution is -2.59. The molecule has 2 aromatic heterocycles. The summed E-state index contributed by atoms with van der Waals surface area (Å²) in [7, 11) is 0. The molecule has 3 aliphatic heterocycles. The molecule has 3 aliphatic rings. The van der Waals surface area contributed by atoms with Gasteiger partial charge in [-0.1, -0.05) is 11.6 Å². The minimum atomic E-state index is -0.165. The molecule has 0 bridgehead atoms. The average molecular weight is 422 g/mol. The molecule has 0 radical (unpaired) electrons. The molecule has 3 N–H and O–H groups in total. The number of anilines is 1. The second kappa shape index (κ2) is 7.96. The van der Waals surface area contributed by atoms with Gasteiger partial charge in [-0.2, -0.15) is 9.97 Å². The Bertz CT molecular complexity index is 916. The quantitative estimate of drug-likeness (QED) is 0.591. The van der Waals surface area contributed by atoms with Gasteiger partial charge in [0, 0.05) is 19.3 Å². The standard InChI is InChI=1S/C18H24ClN7O3/c1-2-28-17-12-3-4-20-16(12)23-18(24-17)22-13-7-21-26(15(13)19)14-8-25(5-6-29-14)11-9-27-10-11/h3-4,11,14,21H,2,5-10H2,1H3,(H2,20,22,23,24)/t14-/m1/s1. The number of aromatic nitrogens is 3. The van der Waals surface area contributed by atoms with Crippen molar-refractivity contribution in [1.82, 2.24) is 30.3 Å². The van der Waals surface area contributed by atoms with Crippen molar-refractivity contribution in [3.05, 3.63) is 23.1 Å². The number of H-pyrrole nitrogens is 1. The first kappa shape index (κ1) is 18.9. The summed E-state index contributed by atoms with van der Waals surface area (Å²) in [5, 5.41) is 6.49. The molecule has 5 heterocycles. The fraction of sp³-hybridized carbons (Fsp3) is 0.556. The van der Waals surface area contributed by atoms with Gasteiger partial charge in [0.2, 0.25) is 11.8 Å². The molecule has 1 atom stereocenters. The minimum Gasteiger partial charge on any atom is -0.477 e. The third-order valence-corrected chi connectivity index (χ3v) is 5.73. The summed E-state index contributed by atoms with van der Waals surface area (Å²) in [6, 6.07) is 2.37. The van der Waals surface area contributed by atoms with Crippen LogP contribution in [0, 0.1) is 0 Å². The summed E-state index contributed by atoms with van der Waals surface area (Å²) in [4.78, 5) is 14.5. The number of ether oxygens (including phenoxy) is 3. The Morgan fingerprint density at radius 2 is 2.28 bits per heavy atom. The average Bonchev–Trinajstić information content (AvgIpc) is 3.28. The second-order valence-electron chi connectivity index (χ2n) is 7.14. The van der Waals surface area contributed by atoms with Crippen LogP contribution in [0.15, 0.2) is 23.1 Å². The molecular weight excluding hydrogens is 398 g/mol. The van der Waals surface area contributed by atoms with Gasteiger partial charge < -0.3 is 24.5 Å². The molecule has 156 valence electrons. The molecule has 0 amide bonds. The molecule has 2 aromatic rings. The van der Waals surface area contributed by atoms with Crippen LogP contribution in [-0.4, -0.2) is 83.2 Å². The van der Waals surface area contributed by atoms with E-state index in [0.717, 1.165) is 37.4 Å². The predicted molar refractivity (Wildman–Crippen MR) is 107 cm³/mol. The third kappa shape index (κ3) is 3.62. The van der Waals surface area contributed by atoms with Crippen LogP contribution in [0.1, 0.15) is 6.92 Å². The second-order valence-corrected chi connectivity index (χ2v) is 7.49. The summed E-state index contributed by atoms with van der Waals surface area (Å²) >= 11 is 6.66. The summed E-state index contributed by atoms with van der Waals surface area (Å²) in [5.74, 6) is 0.966. The fourth-order valence-corrected chi connectivity index (χ4v) is 3.98. The summed E-state index contributed by atoms with van der Waals surface area (Å²) in [6.45, 7) is 6.90. The minimum absolute atomic E-state index is 0.165. The van der Waals surface area contributed by atoms with E-state index in [1.54, 1.807) is 0 Å². The van der Waals surface area contributed by atoms with E-state index in [1.807, 2.05) is 24.2 Å². The molecular formula is C18H24ClN7O3. The molecule has 0 spiro atoms. The molecule has 0 aliphatic carbocycles. The van der Waals surface area contributed by atoms with E-state index < -0.39 is 0 Å². The van der Waals surface area contributed by atoms with Gasteiger partial charge in [0.05, 0.1) is 50.1 Å². The molecule has 0 unspecified atom stereocenters. The van der Waals surface area contributed by atoms with Crippen LogP contribution in [0.3, 0.4) is 0 Å². The van der Waals surface area contributed by atoms with Gasteiger partial charge in [0.15, 0.2) is 6.23 Å². The summed E-state index contributed by atoms with van der Waals surface area (Å²) in [5.41, 5.74) is 4.79. The molecule has 2 fully saturated rings. The lowest BCUT2D eigenvalue weighted by molar-refractivity contribution is -0.151. The van der Waals surface area contributed by atoms with Crippen LogP contribution in [0.25, 0.3) is 11.0 Å². The van der Waals surface area contributed by atoms with E-state index in [9.17, 15) is 0 Å². The Labute approximate surface area is 173 Å². The van der Waals surface area contributed by atoms with Gasteiger partial charge in [-0.05, 0) is 13.0 Å². The number of hydrazine groups is 1. The van der Waals surface area contributed by atoms with E-state index >= 15 is 0 Å². The van der Waals surface area contributed by atoms with Crippen molar-refractivity contribution in [2.75, 3.05) is 51.4 Å². The fourth-order valence-electron chi connectivity index (χ4n) is 3.70. The van der Waals surface area contributed by atoms with Crippen LogP contribution < -0.4 is 15.5 Å². The first-order valence-electron chi connectivity index (χ1n) is 9.82. The number of morpholine rings is 1. The van der Waals surface area contributed by atoms with E-state index in [0.29, 0.717) is 48.4 Å². The predicted octanol–water partition coefficient (Wildman–Crippen LogP) is 1.05. The number of nitrogens with one attached hydrogen (secondary N) is 3. The van der Waals surface area contributed by atoms with E-state index in [4.69, 9.17) is 25.8 Å². The van der Waals surface area contributed by atoms with E-state index in [1.165, 1.54) is 0 Å². The number of hydrogen-bond acceptors (Lipinski definition) is 9. The number of halogens is 1. The van der Waals surface area contributed by atoms with Gasteiger partial charge in [0.25, 0.3) is 0 Å². The number of nitrogens with zero attached hydrogens (tertiary/aromatic N) is 4. The molecule has 10 nitrogen and oxygen atoms in total. The zero-order chi connectivity index (χ0) is 19.8. The highest BCUT2D eigenvalue weighted by Crippen LogP contribution is 2.28. The lowest BCUT2D eigenvalue weighted by Gasteiger charge is -2.44. The summed E-state index contributed by atoms with van der Waals surface area (Å²) in [6.07, 6.45) is 1.65. The first-order valence-corrected chi connectivity index (χ1v) is 10.2. The van der Waals surface area contributed by atoms with Crippen LogP contribution in [-0.2, 0) is 9.47 Å². The maximum atomic E-state index is 6.66. The van der Waals surface area contributed by atoms with E-state index in [2.05, 4.69) is 30.6 Å².